The van der Waals surface area contributed by atoms with Crippen LogP contribution in [-0.4, -0.2) is 58.3 Å². The van der Waals surface area contributed by atoms with E-state index in [1.165, 1.54) is 41.4 Å². The summed E-state index contributed by atoms with van der Waals surface area (Å²) in [5.41, 5.74) is 5.47. The number of benzene rings is 1. The first-order valence-electron chi connectivity index (χ1n) is 11.3. The Hall–Kier alpha value is -2.11. The number of aryl methyl sites for hydroxylation is 2. The molecular weight excluding hydrogens is 516 g/mol. The number of pyridine rings is 1. The maximum Gasteiger partial charge on any atom is 0.124 e. The molecule has 1 aromatic heterocycles. The van der Waals surface area contributed by atoms with Crippen LogP contribution in [0.4, 0.5) is 5.69 Å². The summed E-state index contributed by atoms with van der Waals surface area (Å²) in [7, 11) is 6.73. The zero-order valence-electron chi connectivity index (χ0n) is 22.0. The molecule has 1 aliphatic rings. The first-order valence-corrected chi connectivity index (χ1v) is 12.4. The number of hydrogen-bond acceptors (Lipinski definition) is 6. The van der Waals surface area contributed by atoms with Gasteiger partial charge in [0.25, 0.3) is 0 Å². The molecule has 1 aliphatic carbocycles. The topological polar surface area (TPSA) is 90.7 Å². The Morgan fingerprint density at radius 1 is 1.08 bits per heavy atom. The summed E-state index contributed by atoms with van der Waals surface area (Å²) in [4.78, 5) is 29.9. The van der Waals surface area contributed by atoms with Gasteiger partial charge >= 0.3 is 0 Å². The minimum Gasteiger partial charge on any atom is -0.654 e. The molecule has 0 saturated heterocycles. The number of carbonyl (C=O) groups excluding carboxylic acids is 3. The van der Waals surface area contributed by atoms with Gasteiger partial charge in [0, 0.05) is 48.7 Å². The molecule has 0 bridgehead atoms. The molecule has 36 heavy (non-hydrogen) atoms. The van der Waals surface area contributed by atoms with E-state index in [0.29, 0.717) is 18.5 Å². The molecule has 4 atom stereocenters. The molecule has 1 heterocycles. The Balaban J connectivity index is 0. The molecule has 1 radical (unpaired) electrons. The van der Waals surface area contributed by atoms with Gasteiger partial charge in [-0.25, -0.2) is 0 Å². The maximum absolute atomic E-state index is 7.75. The largest absolute Gasteiger partial charge is 0.654 e. The summed E-state index contributed by atoms with van der Waals surface area (Å²) < 4.78 is 5.54. The number of anilines is 1. The quantitative estimate of drug-likeness (QED) is 0.208. The molecule has 0 spiro atoms. The average Bonchev–Trinajstić information content (AvgIpc) is 3.34. The van der Waals surface area contributed by atoms with Crippen molar-refractivity contribution in [3.63, 3.8) is 0 Å². The van der Waals surface area contributed by atoms with Crippen molar-refractivity contribution in [1.29, 1.82) is 0 Å². The third-order valence-corrected chi connectivity index (χ3v) is 7.77. The zero-order valence-corrected chi connectivity index (χ0v) is 24.2. The summed E-state index contributed by atoms with van der Waals surface area (Å²) >= 11 is 0. The van der Waals surface area contributed by atoms with Crippen LogP contribution < -0.4 is 14.9 Å². The van der Waals surface area contributed by atoms with E-state index in [9.17, 15) is 0 Å². The van der Waals surface area contributed by atoms with Gasteiger partial charge in [0.15, 0.2) is 0 Å². The number of aromatic nitrogens is 1. The van der Waals surface area contributed by atoms with Crippen molar-refractivity contribution in [1.82, 2.24) is 4.98 Å². The van der Waals surface area contributed by atoms with Gasteiger partial charge in [-0.2, -0.15) is 0 Å². The third kappa shape index (κ3) is 10.9. The van der Waals surface area contributed by atoms with Gasteiger partial charge in [-0.15, -0.1) is 12.6 Å². The molecule has 2 aromatic rings. The summed E-state index contributed by atoms with van der Waals surface area (Å²) in [6.45, 7) is 17.1. The SMILES string of the molecule is COc1c(C)cc(PC2CCCC2[C@H](C)[N-]Cc2cc(N(C)C)ccn2)cc1C.[CH-]=O.[CH-]=O.[CH-]=O.[Mn]. The second-order valence-corrected chi connectivity index (χ2v) is 10.1. The predicted molar refractivity (Wildman–Crippen MR) is 147 cm³/mol. The molecule has 0 aliphatic heterocycles. The van der Waals surface area contributed by atoms with E-state index < -0.39 is 0 Å². The van der Waals surface area contributed by atoms with Crippen molar-refractivity contribution >= 4 is 39.9 Å². The number of nitrogens with zero attached hydrogens (tertiary/aromatic N) is 3. The Kier molecular flexibility index (Phi) is 20.0. The second-order valence-electron chi connectivity index (χ2n) is 8.47. The smallest absolute Gasteiger partial charge is 0.124 e. The molecule has 3 rings (SSSR count). The molecule has 0 amide bonds. The maximum atomic E-state index is 7.75. The standard InChI is InChI=1S/C24H35N3OP.3CHO.Mn/c1-16-12-21(13-17(2)24(16)28-6)29-23-9-7-8-22(23)18(3)26-15-19-14-20(27(4)5)10-11-25-19;3*1-2;/h10-14,18,22-23,29H,7-9,15H2,1-6H3;3*1H;/q4*-1;/t18-,22?,23?;;;;/m0..../s1. The number of hydrogen-bond donors (Lipinski definition) is 0. The van der Waals surface area contributed by atoms with Crippen molar-refractivity contribution in [2.24, 2.45) is 5.92 Å². The van der Waals surface area contributed by atoms with E-state index in [2.05, 4.69) is 83.3 Å². The van der Waals surface area contributed by atoms with Gasteiger partial charge in [-0.3, -0.25) is 25.4 Å². The minimum absolute atomic E-state index is 0. The van der Waals surface area contributed by atoms with Gasteiger partial charge in [0.05, 0.1) is 7.11 Å². The van der Waals surface area contributed by atoms with Crippen LogP contribution in [0.3, 0.4) is 0 Å². The van der Waals surface area contributed by atoms with Crippen LogP contribution in [0.2, 0.25) is 0 Å². The Labute approximate surface area is 229 Å². The molecule has 3 unspecified atom stereocenters. The second kappa shape index (κ2) is 20.0. The van der Waals surface area contributed by atoms with Crippen molar-refractivity contribution in [2.75, 3.05) is 26.1 Å². The van der Waals surface area contributed by atoms with Crippen molar-refractivity contribution in [3.05, 3.63) is 52.6 Å². The van der Waals surface area contributed by atoms with E-state index in [0.717, 1.165) is 25.7 Å². The molecule has 9 heteroatoms. The average molecular weight is 555 g/mol. The molecule has 201 valence electrons. The van der Waals surface area contributed by atoms with Crippen molar-refractivity contribution in [3.8, 4) is 5.75 Å². The van der Waals surface area contributed by atoms with Crippen LogP contribution >= 0.6 is 8.58 Å². The van der Waals surface area contributed by atoms with Gasteiger partial charge in [0.2, 0.25) is 0 Å². The summed E-state index contributed by atoms with van der Waals surface area (Å²) in [5.74, 6) is 1.70. The van der Waals surface area contributed by atoms with Crippen LogP contribution in [-0.2, 0) is 38.0 Å². The van der Waals surface area contributed by atoms with E-state index in [4.69, 9.17) is 24.4 Å². The fraction of sp³-hybridized carbons (Fsp3) is 0.481. The molecule has 1 saturated carbocycles. The van der Waals surface area contributed by atoms with Crippen molar-refractivity contribution in [2.45, 2.75) is 58.3 Å². The molecular formula is C27H38MnN3O4P-4. The van der Waals surface area contributed by atoms with E-state index >= 15 is 0 Å². The molecule has 1 fully saturated rings. The summed E-state index contributed by atoms with van der Waals surface area (Å²) in [6, 6.07) is 9.20. The summed E-state index contributed by atoms with van der Waals surface area (Å²) in [6.07, 6.45) is 5.83. The van der Waals surface area contributed by atoms with Crippen LogP contribution in [0, 0.1) is 19.8 Å². The van der Waals surface area contributed by atoms with Crippen LogP contribution in [0.25, 0.3) is 5.32 Å². The fourth-order valence-corrected chi connectivity index (χ4v) is 6.55. The van der Waals surface area contributed by atoms with Crippen LogP contribution in [0.1, 0.15) is 43.0 Å². The van der Waals surface area contributed by atoms with E-state index in [1.807, 2.05) is 12.3 Å². The number of ether oxygens (including phenoxy) is 1. The normalized spacial score (nSPS) is 16.7. The fourth-order valence-electron chi connectivity index (χ4n) is 4.52. The Morgan fingerprint density at radius 3 is 2.19 bits per heavy atom. The first kappa shape index (κ1) is 36.0. The number of rotatable bonds is 8. The van der Waals surface area contributed by atoms with Crippen LogP contribution in [0.5, 0.6) is 5.75 Å². The van der Waals surface area contributed by atoms with Crippen LogP contribution in [0.15, 0.2) is 30.5 Å². The Bertz CT molecular complexity index is 860. The minimum atomic E-state index is 0. The third-order valence-electron chi connectivity index (χ3n) is 6.06. The molecule has 1 aromatic carbocycles. The van der Waals surface area contributed by atoms with Gasteiger partial charge in [-0.05, 0) is 66.6 Å². The molecule has 0 N–H and O–H groups in total. The molecule has 7 nitrogen and oxygen atoms in total. The van der Waals surface area contributed by atoms with Crippen molar-refractivity contribution < 1.29 is 36.2 Å². The van der Waals surface area contributed by atoms with Gasteiger partial charge < -0.3 is 29.3 Å². The summed E-state index contributed by atoms with van der Waals surface area (Å²) in [5, 5.41) is 6.50. The number of methoxy groups -OCH3 is 1. The first-order chi connectivity index (χ1) is 16.9. The van der Waals surface area contributed by atoms with E-state index in [1.54, 1.807) is 7.11 Å². The predicted octanol–water partition coefficient (Wildman–Crippen LogP) is 4.38. The van der Waals surface area contributed by atoms with Gasteiger partial charge in [-0.1, -0.05) is 34.3 Å². The monoisotopic (exact) mass is 554 g/mol. The zero-order chi connectivity index (χ0) is 27.0. The van der Waals surface area contributed by atoms with Gasteiger partial charge in [0.1, 0.15) is 5.75 Å². The van der Waals surface area contributed by atoms with E-state index in [-0.39, 0.29) is 17.1 Å². The Morgan fingerprint density at radius 2 is 1.67 bits per heavy atom.